The van der Waals surface area contributed by atoms with Crippen LogP contribution in [0.5, 0.6) is 11.5 Å². The molecule has 2 aromatic rings. The molecule has 1 unspecified atom stereocenters. The SMILES string of the molecule is CCCCC(CC)C(=O)N(Cc1ccc(OCC)cc1)c1ccc(OCC)cc1. The number of ether oxygens (including phenoxy) is 2. The molecule has 0 radical (unpaired) electrons. The molecule has 0 aromatic heterocycles. The van der Waals surface area contributed by atoms with Gasteiger partial charge in [0.15, 0.2) is 0 Å². The molecule has 1 atom stereocenters. The van der Waals surface area contributed by atoms with Crippen molar-refractivity contribution in [1.29, 1.82) is 0 Å². The predicted molar refractivity (Wildman–Crippen MR) is 120 cm³/mol. The Balaban J connectivity index is 2.27. The maximum Gasteiger partial charge on any atom is 0.230 e. The van der Waals surface area contributed by atoms with Gasteiger partial charge in [-0.15, -0.1) is 0 Å². The highest BCUT2D eigenvalue weighted by Crippen LogP contribution is 2.26. The Morgan fingerprint density at radius 3 is 1.90 bits per heavy atom. The zero-order valence-corrected chi connectivity index (χ0v) is 18.3. The number of carbonyl (C=O) groups excluding carboxylic acids is 1. The first-order valence-electron chi connectivity index (χ1n) is 10.9. The third-order valence-electron chi connectivity index (χ3n) is 5.05. The van der Waals surface area contributed by atoms with Gasteiger partial charge in [0.1, 0.15) is 11.5 Å². The molecule has 0 bridgehead atoms. The Labute approximate surface area is 175 Å². The van der Waals surface area contributed by atoms with Gasteiger partial charge in [0, 0.05) is 11.6 Å². The predicted octanol–water partition coefficient (Wildman–Crippen LogP) is 6.23. The molecule has 1 amide bonds. The summed E-state index contributed by atoms with van der Waals surface area (Å²) >= 11 is 0. The molecule has 4 heteroatoms. The van der Waals surface area contributed by atoms with E-state index in [2.05, 4.69) is 13.8 Å². The molecule has 0 aliphatic carbocycles. The highest BCUT2D eigenvalue weighted by atomic mass is 16.5. The largest absolute Gasteiger partial charge is 0.494 e. The maximum atomic E-state index is 13.4. The minimum absolute atomic E-state index is 0.0456. The zero-order valence-electron chi connectivity index (χ0n) is 18.3. The molecule has 0 fully saturated rings. The highest BCUT2D eigenvalue weighted by molar-refractivity contribution is 5.95. The molecular weight excluding hydrogens is 362 g/mol. The Bertz CT molecular complexity index is 725. The van der Waals surface area contributed by atoms with Gasteiger partial charge in [-0.25, -0.2) is 0 Å². The van der Waals surface area contributed by atoms with E-state index >= 15 is 0 Å². The van der Waals surface area contributed by atoms with Crippen LogP contribution in [0.15, 0.2) is 48.5 Å². The van der Waals surface area contributed by atoms with Gasteiger partial charge >= 0.3 is 0 Å². The zero-order chi connectivity index (χ0) is 21.1. The summed E-state index contributed by atoms with van der Waals surface area (Å²) in [6, 6.07) is 15.8. The lowest BCUT2D eigenvalue weighted by Gasteiger charge is -2.27. The topological polar surface area (TPSA) is 38.8 Å². The van der Waals surface area contributed by atoms with Crippen LogP contribution in [0.4, 0.5) is 5.69 Å². The molecule has 0 heterocycles. The van der Waals surface area contributed by atoms with E-state index in [-0.39, 0.29) is 11.8 Å². The Hall–Kier alpha value is -2.49. The minimum Gasteiger partial charge on any atom is -0.494 e. The summed E-state index contributed by atoms with van der Waals surface area (Å²) in [7, 11) is 0. The number of rotatable bonds is 12. The molecule has 0 N–H and O–H groups in total. The van der Waals surface area contributed by atoms with Crippen molar-refractivity contribution >= 4 is 11.6 Å². The van der Waals surface area contributed by atoms with E-state index in [1.807, 2.05) is 67.3 Å². The van der Waals surface area contributed by atoms with Crippen molar-refractivity contribution in [3.05, 3.63) is 54.1 Å². The van der Waals surface area contributed by atoms with Gasteiger partial charge in [-0.2, -0.15) is 0 Å². The summed E-state index contributed by atoms with van der Waals surface area (Å²) in [6.45, 7) is 10.0. The van der Waals surface area contributed by atoms with E-state index in [1.165, 1.54) is 0 Å². The van der Waals surface area contributed by atoms with Crippen LogP contribution in [0, 0.1) is 5.92 Å². The lowest BCUT2D eigenvalue weighted by Crippen LogP contribution is -2.35. The Kier molecular flexibility index (Phi) is 9.55. The lowest BCUT2D eigenvalue weighted by atomic mass is 9.97. The summed E-state index contributed by atoms with van der Waals surface area (Å²) in [6.07, 6.45) is 3.97. The van der Waals surface area contributed by atoms with Gasteiger partial charge in [0.25, 0.3) is 0 Å². The van der Waals surface area contributed by atoms with E-state index in [4.69, 9.17) is 9.47 Å². The van der Waals surface area contributed by atoms with Crippen LogP contribution in [0.3, 0.4) is 0 Å². The van der Waals surface area contributed by atoms with Crippen molar-refractivity contribution in [2.75, 3.05) is 18.1 Å². The minimum atomic E-state index is 0.0456. The summed E-state index contributed by atoms with van der Waals surface area (Å²) in [5, 5.41) is 0. The van der Waals surface area contributed by atoms with Crippen LogP contribution >= 0.6 is 0 Å². The average molecular weight is 398 g/mol. The molecule has 0 spiro atoms. The lowest BCUT2D eigenvalue weighted by molar-refractivity contribution is -0.122. The highest BCUT2D eigenvalue weighted by Gasteiger charge is 2.24. The third kappa shape index (κ3) is 6.81. The second-order valence-corrected chi connectivity index (χ2v) is 7.18. The number of benzene rings is 2. The Morgan fingerprint density at radius 1 is 0.862 bits per heavy atom. The van der Waals surface area contributed by atoms with E-state index in [9.17, 15) is 4.79 Å². The van der Waals surface area contributed by atoms with Crippen LogP contribution in [0.1, 0.15) is 58.9 Å². The molecule has 4 nitrogen and oxygen atoms in total. The van der Waals surface area contributed by atoms with E-state index in [1.54, 1.807) is 0 Å². The summed E-state index contributed by atoms with van der Waals surface area (Å²) in [5.74, 6) is 1.91. The molecule has 158 valence electrons. The van der Waals surface area contributed by atoms with Crippen molar-refractivity contribution in [1.82, 2.24) is 0 Å². The van der Waals surface area contributed by atoms with Crippen molar-refractivity contribution in [3.63, 3.8) is 0 Å². The van der Waals surface area contributed by atoms with E-state index < -0.39 is 0 Å². The first-order valence-corrected chi connectivity index (χ1v) is 10.9. The molecular formula is C25H35NO3. The molecule has 29 heavy (non-hydrogen) atoms. The Morgan fingerprint density at radius 2 is 1.41 bits per heavy atom. The van der Waals surface area contributed by atoms with Crippen molar-refractivity contribution < 1.29 is 14.3 Å². The third-order valence-corrected chi connectivity index (χ3v) is 5.05. The normalized spacial score (nSPS) is 11.7. The van der Waals surface area contributed by atoms with Crippen molar-refractivity contribution in [2.45, 2.75) is 59.9 Å². The number of unbranched alkanes of at least 4 members (excludes halogenated alkanes) is 1. The smallest absolute Gasteiger partial charge is 0.230 e. The fourth-order valence-corrected chi connectivity index (χ4v) is 3.40. The maximum absolute atomic E-state index is 13.4. The van der Waals surface area contributed by atoms with E-state index in [0.29, 0.717) is 19.8 Å². The first-order chi connectivity index (χ1) is 14.1. The molecule has 0 saturated carbocycles. The number of anilines is 1. The number of nitrogens with zero attached hydrogens (tertiary/aromatic N) is 1. The average Bonchev–Trinajstić information content (AvgIpc) is 2.75. The van der Waals surface area contributed by atoms with Crippen LogP contribution in [0.2, 0.25) is 0 Å². The van der Waals surface area contributed by atoms with Crippen LogP contribution in [0.25, 0.3) is 0 Å². The van der Waals surface area contributed by atoms with Gasteiger partial charge in [-0.1, -0.05) is 38.8 Å². The number of amides is 1. The molecule has 0 saturated heterocycles. The van der Waals surface area contributed by atoms with Gasteiger partial charge < -0.3 is 14.4 Å². The van der Waals surface area contributed by atoms with E-state index in [0.717, 1.165) is 48.4 Å². The van der Waals surface area contributed by atoms with Crippen molar-refractivity contribution in [3.8, 4) is 11.5 Å². The summed E-state index contributed by atoms with van der Waals surface area (Å²) in [5.41, 5.74) is 1.99. The van der Waals surface area contributed by atoms with Gasteiger partial charge in [0.05, 0.1) is 19.8 Å². The number of hydrogen-bond acceptors (Lipinski definition) is 3. The molecule has 0 aliphatic heterocycles. The quantitative estimate of drug-likeness (QED) is 0.426. The van der Waals surface area contributed by atoms with Crippen LogP contribution < -0.4 is 14.4 Å². The number of hydrogen-bond donors (Lipinski definition) is 0. The van der Waals surface area contributed by atoms with Gasteiger partial charge in [-0.3, -0.25) is 4.79 Å². The monoisotopic (exact) mass is 397 g/mol. The van der Waals surface area contributed by atoms with Crippen molar-refractivity contribution in [2.24, 2.45) is 5.92 Å². The summed E-state index contributed by atoms with van der Waals surface area (Å²) in [4.78, 5) is 15.3. The van der Waals surface area contributed by atoms with Crippen LogP contribution in [-0.4, -0.2) is 19.1 Å². The molecule has 0 aliphatic rings. The first kappa shape index (κ1) is 22.8. The molecule has 2 aromatic carbocycles. The molecule has 2 rings (SSSR count). The van der Waals surface area contributed by atoms with Crippen LogP contribution in [-0.2, 0) is 11.3 Å². The van der Waals surface area contributed by atoms with Gasteiger partial charge in [0.2, 0.25) is 5.91 Å². The summed E-state index contributed by atoms with van der Waals surface area (Å²) < 4.78 is 11.1. The second kappa shape index (κ2) is 12.2. The second-order valence-electron chi connectivity index (χ2n) is 7.18. The fraction of sp³-hybridized carbons (Fsp3) is 0.480. The standard InChI is InChI=1S/C25H35NO3/c1-5-9-10-21(6-2)25(27)26(22-13-17-24(18-14-22)29-8-4)19-20-11-15-23(16-12-20)28-7-3/h11-18,21H,5-10,19H2,1-4H3. The fourth-order valence-electron chi connectivity index (χ4n) is 3.40. The number of carbonyl (C=O) groups is 1. The van der Waals surface area contributed by atoms with Gasteiger partial charge in [-0.05, 0) is 68.7 Å².